The lowest BCUT2D eigenvalue weighted by molar-refractivity contribution is -0.398. The van der Waals surface area contributed by atoms with Gasteiger partial charge in [0.25, 0.3) is 5.69 Å². The molecule has 2 aromatic rings. The summed E-state index contributed by atoms with van der Waals surface area (Å²) in [6.07, 6.45) is 1.06. The molecule has 146 valence electrons. The number of anilines is 1. The largest absolute Gasteiger partial charge is 0.865 e. The third-order valence-electron chi connectivity index (χ3n) is 3.45. The van der Waals surface area contributed by atoms with Crippen LogP contribution < -0.4 is 20.6 Å². The van der Waals surface area contributed by atoms with Gasteiger partial charge in [-0.2, -0.15) is 5.10 Å². The molecular formula is C18H17N4O6-. The van der Waals surface area contributed by atoms with Crippen LogP contribution in [0.25, 0.3) is 0 Å². The quantitative estimate of drug-likeness (QED) is 0.333. The Morgan fingerprint density at radius 2 is 1.89 bits per heavy atom. The predicted octanol–water partition coefficient (Wildman–Crippen LogP) is 1.46. The van der Waals surface area contributed by atoms with Crippen LogP contribution in [0.1, 0.15) is 18.1 Å². The summed E-state index contributed by atoms with van der Waals surface area (Å²) in [4.78, 5) is 33.7. The van der Waals surface area contributed by atoms with E-state index in [4.69, 9.17) is 4.74 Å². The zero-order valence-corrected chi connectivity index (χ0v) is 15.1. The summed E-state index contributed by atoms with van der Waals surface area (Å²) < 4.78 is 5.08. The SMILES string of the molecule is CCOc1cc(/C=N\NC(=O)C(=O)Nc2ccc(C)cc2)cc([N+](=O)[O-])c1[O-]. The first-order valence-electron chi connectivity index (χ1n) is 8.15. The number of rotatable bonds is 6. The van der Waals surface area contributed by atoms with Gasteiger partial charge in [-0.15, -0.1) is 0 Å². The van der Waals surface area contributed by atoms with Gasteiger partial charge in [0.05, 0.1) is 17.7 Å². The van der Waals surface area contributed by atoms with Crippen LogP contribution in [0.3, 0.4) is 0 Å². The number of carbonyl (C=O) groups excluding carboxylic acids is 2. The normalized spacial score (nSPS) is 10.5. The minimum absolute atomic E-state index is 0.142. The summed E-state index contributed by atoms with van der Waals surface area (Å²) in [5.41, 5.74) is 2.91. The fourth-order valence-corrected chi connectivity index (χ4v) is 2.12. The lowest BCUT2D eigenvalue weighted by Crippen LogP contribution is -2.32. The Bertz CT molecular complexity index is 924. The van der Waals surface area contributed by atoms with Crippen molar-refractivity contribution in [2.75, 3.05) is 11.9 Å². The third-order valence-corrected chi connectivity index (χ3v) is 3.45. The van der Waals surface area contributed by atoms with Crippen molar-refractivity contribution in [3.63, 3.8) is 0 Å². The molecule has 10 nitrogen and oxygen atoms in total. The molecule has 0 bridgehead atoms. The summed E-state index contributed by atoms with van der Waals surface area (Å²) in [5.74, 6) is -3.03. The molecule has 0 aromatic heterocycles. The monoisotopic (exact) mass is 385 g/mol. The maximum Gasteiger partial charge on any atom is 0.329 e. The smallest absolute Gasteiger partial charge is 0.329 e. The van der Waals surface area contributed by atoms with E-state index in [0.29, 0.717) is 5.69 Å². The van der Waals surface area contributed by atoms with E-state index >= 15 is 0 Å². The molecule has 0 spiro atoms. The average molecular weight is 385 g/mol. The Balaban J connectivity index is 2.06. The predicted molar refractivity (Wildman–Crippen MR) is 99.3 cm³/mol. The Morgan fingerprint density at radius 1 is 1.21 bits per heavy atom. The Kier molecular flexibility index (Phi) is 6.63. The molecule has 0 aliphatic carbocycles. The number of nitro groups is 1. The van der Waals surface area contributed by atoms with Crippen molar-refractivity contribution >= 4 is 29.4 Å². The summed E-state index contributed by atoms with van der Waals surface area (Å²) in [6, 6.07) is 9.07. The number of nitrogens with zero attached hydrogens (tertiary/aromatic N) is 2. The van der Waals surface area contributed by atoms with E-state index in [0.717, 1.165) is 17.8 Å². The third kappa shape index (κ3) is 5.27. The summed E-state index contributed by atoms with van der Waals surface area (Å²) in [5, 5.41) is 28.8. The number of benzene rings is 2. The molecule has 0 fully saturated rings. The first-order valence-corrected chi connectivity index (χ1v) is 8.15. The van der Waals surface area contributed by atoms with Crippen molar-refractivity contribution in [1.29, 1.82) is 0 Å². The molecule has 2 aromatic carbocycles. The van der Waals surface area contributed by atoms with E-state index in [9.17, 15) is 24.8 Å². The van der Waals surface area contributed by atoms with Crippen molar-refractivity contribution in [2.24, 2.45) is 5.10 Å². The van der Waals surface area contributed by atoms with Gasteiger partial charge in [-0.1, -0.05) is 17.7 Å². The van der Waals surface area contributed by atoms with Crippen LogP contribution in [-0.2, 0) is 9.59 Å². The highest BCUT2D eigenvalue weighted by atomic mass is 16.6. The van der Waals surface area contributed by atoms with Crippen LogP contribution >= 0.6 is 0 Å². The minimum Gasteiger partial charge on any atom is -0.865 e. The van der Waals surface area contributed by atoms with E-state index in [1.165, 1.54) is 6.07 Å². The zero-order chi connectivity index (χ0) is 20.7. The number of amides is 2. The summed E-state index contributed by atoms with van der Waals surface area (Å²) in [7, 11) is 0. The Labute approximate surface area is 160 Å². The second-order valence-electron chi connectivity index (χ2n) is 5.58. The highest BCUT2D eigenvalue weighted by Crippen LogP contribution is 2.34. The maximum absolute atomic E-state index is 11.9. The number of hydrazone groups is 1. The second-order valence-corrected chi connectivity index (χ2v) is 5.58. The molecule has 0 aliphatic rings. The fraction of sp³-hybridized carbons (Fsp3) is 0.167. The van der Waals surface area contributed by atoms with Crippen molar-refractivity contribution in [3.8, 4) is 11.5 Å². The average Bonchev–Trinajstić information content (AvgIpc) is 2.65. The van der Waals surface area contributed by atoms with Gasteiger partial charge in [0.2, 0.25) is 0 Å². The topological polar surface area (TPSA) is 146 Å². The van der Waals surface area contributed by atoms with Gasteiger partial charge in [-0.05, 0) is 32.0 Å². The maximum atomic E-state index is 11.9. The minimum atomic E-state index is -1.03. The first-order chi connectivity index (χ1) is 13.3. The molecule has 28 heavy (non-hydrogen) atoms. The molecule has 0 saturated heterocycles. The van der Waals surface area contributed by atoms with Gasteiger partial charge >= 0.3 is 11.8 Å². The van der Waals surface area contributed by atoms with E-state index < -0.39 is 28.2 Å². The number of nitrogens with one attached hydrogen (secondary N) is 2. The number of aryl methyl sites for hydroxylation is 1. The van der Waals surface area contributed by atoms with E-state index in [2.05, 4.69) is 10.4 Å². The van der Waals surface area contributed by atoms with Crippen LogP contribution in [0.15, 0.2) is 41.5 Å². The highest BCUT2D eigenvalue weighted by Gasteiger charge is 2.14. The molecule has 0 atom stereocenters. The van der Waals surface area contributed by atoms with Crippen molar-refractivity contribution < 1.29 is 24.4 Å². The van der Waals surface area contributed by atoms with Gasteiger partial charge in [0.1, 0.15) is 5.75 Å². The molecule has 0 saturated carbocycles. The molecule has 2 rings (SSSR count). The van der Waals surface area contributed by atoms with Crippen molar-refractivity contribution in [2.45, 2.75) is 13.8 Å². The van der Waals surface area contributed by atoms with Crippen LogP contribution in [0.2, 0.25) is 0 Å². The number of hydrogen-bond acceptors (Lipinski definition) is 7. The lowest BCUT2D eigenvalue weighted by atomic mass is 10.2. The van der Waals surface area contributed by atoms with Gasteiger partial charge < -0.3 is 15.2 Å². The highest BCUT2D eigenvalue weighted by molar-refractivity contribution is 6.39. The summed E-state index contributed by atoms with van der Waals surface area (Å²) in [6.45, 7) is 3.65. The van der Waals surface area contributed by atoms with Gasteiger partial charge in [0.15, 0.2) is 0 Å². The molecule has 2 N–H and O–H groups in total. The lowest BCUT2D eigenvalue weighted by Gasteiger charge is -2.14. The number of nitro benzene ring substituents is 1. The van der Waals surface area contributed by atoms with Crippen LogP contribution in [0.5, 0.6) is 11.5 Å². The van der Waals surface area contributed by atoms with E-state index in [1.807, 2.05) is 12.3 Å². The number of ether oxygens (including phenoxy) is 1. The van der Waals surface area contributed by atoms with Gasteiger partial charge in [-0.25, -0.2) is 5.43 Å². The molecular weight excluding hydrogens is 368 g/mol. The number of hydrogen-bond donors (Lipinski definition) is 2. The molecule has 0 heterocycles. The second kappa shape index (κ2) is 9.12. The molecule has 10 heteroatoms. The Hall–Kier alpha value is -3.95. The Morgan fingerprint density at radius 3 is 2.50 bits per heavy atom. The van der Waals surface area contributed by atoms with Crippen molar-refractivity contribution in [3.05, 3.63) is 57.6 Å². The van der Waals surface area contributed by atoms with Crippen LogP contribution in [-0.4, -0.2) is 29.6 Å². The molecule has 2 amide bonds. The summed E-state index contributed by atoms with van der Waals surface area (Å²) >= 11 is 0. The van der Waals surface area contributed by atoms with Crippen LogP contribution in [0.4, 0.5) is 11.4 Å². The van der Waals surface area contributed by atoms with Crippen LogP contribution in [0, 0.1) is 17.0 Å². The van der Waals surface area contributed by atoms with Gasteiger partial charge in [-0.3, -0.25) is 19.7 Å². The fourth-order valence-electron chi connectivity index (χ4n) is 2.12. The molecule has 0 radical (unpaired) electrons. The molecule has 0 unspecified atom stereocenters. The van der Waals surface area contributed by atoms with E-state index in [1.54, 1.807) is 31.2 Å². The number of carbonyl (C=O) groups is 2. The van der Waals surface area contributed by atoms with Crippen molar-refractivity contribution in [1.82, 2.24) is 5.43 Å². The first kappa shape index (κ1) is 20.4. The van der Waals surface area contributed by atoms with Gasteiger partial charge in [0, 0.05) is 23.1 Å². The van der Waals surface area contributed by atoms with E-state index in [-0.39, 0.29) is 17.9 Å². The standard InChI is InChI=1S/C18H18N4O6/c1-3-28-15-9-12(8-14(16(15)23)22(26)27)10-19-21-18(25)17(24)20-13-6-4-11(2)5-7-13/h4-10,23H,3H2,1-2H3,(H,20,24)(H,21,25)/p-1/b19-10-. The zero-order valence-electron chi connectivity index (χ0n) is 15.1. The molecule has 0 aliphatic heterocycles.